The Morgan fingerprint density at radius 3 is 2.77 bits per heavy atom. The van der Waals surface area contributed by atoms with Gasteiger partial charge in [-0.25, -0.2) is 9.80 Å². The number of para-hydroxylation sites is 1. The predicted molar refractivity (Wildman–Crippen MR) is 130 cm³/mol. The van der Waals surface area contributed by atoms with Crippen LogP contribution in [0.25, 0.3) is 11.0 Å². The van der Waals surface area contributed by atoms with Crippen LogP contribution < -0.4 is 0 Å². The average molecular weight is 493 g/mol. The Bertz CT molecular complexity index is 1350. The van der Waals surface area contributed by atoms with Gasteiger partial charge in [-0.15, -0.1) is 11.3 Å². The quantitative estimate of drug-likeness (QED) is 0.300. The molecule has 1 aliphatic rings. The Balaban J connectivity index is 1.34. The Labute approximate surface area is 205 Å². The summed E-state index contributed by atoms with van der Waals surface area (Å²) < 4.78 is 22.4. The molecule has 0 radical (unpaired) electrons. The third kappa shape index (κ3) is 4.78. The van der Waals surface area contributed by atoms with Gasteiger partial charge in [0.05, 0.1) is 29.6 Å². The maximum atomic E-state index is 13.1. The van der Waals surface area contributed by atoms with E-state index in [0.29, 0.717) is 23.3 Å². The first kappa shape index (κ1) is 23.1. The van der Waals surface area contributed by atoms with Crippen LogP contribution in [-0.4, -0.2) is 35.3 Å². The van der Waals surface area contributed by atoms with Gasteiger partial charge in [0.25, 0.3) is 5.91 Å². The van der Waals surface area contributed by atoms with Gasteiger partial charge in [-0.1, -0.05) is 24.3 Å². The Hall–Kier alpha value is -3.69. The molecule has 3 aromatic heterocycles. The second-order valence-corrected chi connectivity index (χ2v) is 9.29. The normalized spacial score (nSPS) is 15.7. The molecule has 0 N–H and O–H groups in total. The molecule has 1 aliphatic heterocycles. The van der Waals surface area contributed by atoms with Crippen molar-refractivity contribution >= 4 is 39.9 Å². The highest BCUT2D eigenvalue weighted by atomic mass is 32.1. The van der Waals surface area contributed by atoms with Crippen molar-refractivity contribution in [3.05, 3.63) is 82.1 Å². The highest BCUT2D eigenvalue weighted by molar-refractivity contribution is 7.12. The molecule has 0 saturated heterocycles. The van der Waals surface area contributed by atoms with Crippen LogP contribution in [0.1, 0.15) is 53.1 Å². The number of hydrazone groups is 1. The lowest BCUT2D eigenvalue weighted by atomic mass is 10.1. The van der Waals surface area contributed by atoms with Crippen molar-refractivity contribution in [1.82, 2.24) is 5.01 Å². The van der Waals surface area contributed by atoms with Crippen LogP contribution in [0, 0.1) is 0 Å². The number of rotatable bonds is 8. The van der Waals surface area contributed by atoms with Gasteiger partial charge in [-0.05, 0) is 43.5 Å². The van der Waals surface area contributed by atoms with E-state index in [1.165, 1.54) is 5.01 Å². The van der Waals surface area contributed by atoms with E-state index in [-0.39, 0.29) is 18.5 Å². The molecule has 5 rings (SSSR count). The lowest BCUT2D eigenvalue weighted by Gasteiger charge is -2.19. The number of esters is 1. The van der Waals surface area contributed by atoms with E-state index < -0.39 is 24.5 Å². The van der Waals surface area contributed by atoms with E-state index in [4.69, 9.17) is 18.3 Å². The number of amides is 1. The highest BCUT2D eigenvalue weighted by Crippen LogP contribution is 2.34. The van der Waals surface area contributed by atoms with Gasteiger partial charge in [0.1, 0.15) is 17.4 Å². The number of furan rings is 2. The first-order valence-corrected chi connectivity index (χ1v) is 12.1. The van der Waals surface area contributed by atoms with Crippen molar-refractivity contribution in [2.45, 2.75) is 39.0 Å². The molecule has 35 heavy (non-hydrogen) atoms. The second kappa shape index (κ2) is 9.89. The summed E-state index contributed by atoms with van der Waals surface area (Å²) in [6.07, 6.45) is 2.04. The van der Waals surface area contributed by atoms with Gasteiger partial charge < -0.3 is 18.3 Å². The minimum absolute atomic E-state index is 0.0294. The number of ether oxygens (including phenoxy) is 2. The third-order valence-electron chi connectivity index (χ3n) is 5.61. The van der Waals surface area contributed by atoms with Gasteiger partial charge in [-0.3, -0.25) is 4.79 Å². The fraction of sp³-hybridized carbons (Fsp3) is 0.269. The summed E-state index contributed by atoms with van der Waals surface area (Å²) in [5, 5.41) is 8.60. The number of carbonyl (C=O) groups excluding carboxylic acids is 2. The maximum Gasteiger partial charge on any atom is 0.375 e. The monoisotopic (exact) mass is 492 g/mol. The number of fused-ring (bicyclic) bond motifs is 1. The summed E-state index contributed by atoms with van der Waals surface area (Å²) in [5.74, 6) is -0.535. The fourth-order valence-electron chi connectivity index (χ4n) is 3.95. The molecule has 0 bridgehead atoms. The molecular weight excluding hydrogens is 468 g/mol. The Kier molecular flexibility index (Phi) is 6.52. The standard InChI is InChI=1S/C26H24N2O6S/c1-16(2)32-14-18-17-7-3-4-8-21(17)34-25(18)26(30)33-15-24(29)28-20(22-9-5-11-31-22)13-19(27-28)23-10-6-12-35-23/h3-12,16,20H,13-15H2,1-2H3. The lowest BCUT2D eigenvalue weighted by Crippen LogP contribution is -2.31. The van der Waals surface area contributed by atoms with Crippen molar-refractivity contribution in [1.29, 1.82) is 0 Å². The number of carbonyl (C=O) groups is 2. The minimum atomic E-state index is -0.729. The third-order valence-corrected chi connectivity index (χ3v) is 6.53. The summed E-state index contributed by atoms with van der Waals surface area (Å²) in [6.45, 7) is 3.53. The number of benzene rings is 1. The SMILES string of the molecule is CC(C)OCc1c(C(=O)OCC(=O)N2N=C(c3cccs3)CC2c2ccco2)oc2ccccc12. The van der Waals surface area contributed by atoms with Crippen LogP contribution in [0.4, 0.5) is 0 Å². The van der Waals surface area contributed by atoms with Gasteiger partial charge in [-0.2, -0.15) is 5.10 Å². The first-order valence-electron chi connectivity index (χ1n) is 11.3. The van der Waals surface area contributed by atoms with Crippen LogP contribution in [0.3, 0.4) is 0 Å². The molecule has 1 amide bonds. The molecule has 4 aromatic rings. The number of hydrogen-bond acceptors (Lipinski definition) is 8. The molecule has 0 spiro atoms. The van der Waals surface area contributed by atoms with E-state index in [2.05, 4.69) is 5.10 Å². The van der Waals surface area contributed by atoms with Crippen LogP contribution in [0.5, 0.6) is 0 Å². The van der Waals surface area contributed by atoms with E-state index in [1.54, 1.807) is 35.8 Å². The summed E-state index contributed by atoms with van der Waals surface area (Å²) >= 11 is 1.55. The van der Waals surface area contributed by atoms with Crippen molar-refractivity contribution in [3.63, 3.8) is 0 Å². The zero-order chi connectivity index (χ0) is 24.4. The highest BCUT2D eigenvalue weighted by Gasteiger charge is 2.36. The molecule has 180 valence electrons. The van der Waals surface area contributed by atoms with Gasteiger partial charge in [0.2, 0.25) is 5.76 Å². The van der Waals surface area contributed by atoms with Crippen LogP contribution in [0.15, 0.2) is 74.1 Å². The molecule has 1 atom stereocenters. The number of nitrogens with zero attached hydrogens (tertiary/aromatic N) is 2. The summed E-state index contributed by atoms with van der Waals surface area (Å²) in [7, 11) is 0. The molecule has 1 aromatic carbocycles. The van der Waals surface area contributed by atoms with Crippen molar-refractivity contribution in [2.24, 2.45) is 5.10 Å². The van der Waals surface area contributed by atoms with Gasteiger partial charge >= 0.3 is 5.97 Å². The van der Waals surface area contributed by atoms with Crippen LogP contribution in [-0.2, 0) is 20.9 Å². The summed E-state index contributed by atoms with van der Waals surface area (Å²) in [4.78, 5) is 27.1. The van der Waals surface area contributed by atoms with Crippen LogP contribution >= 0.6 is 11.3 Å². The van der Waals surface area contributed by atoms with E-state index >= 15 is 0 Å². The number of hydrogen-bond donors (Lipinski definition) is 0. The number of thiophene rings is 1. The molecule has 9 heteroatoms. The minimum Gasteiger partial charge on any atom is -0.467 e. The molecule has 4 heterocycles. The van der Waals surface area contributed by atoms with E-state index in [0.717, 1.165) is 16.0 Å². The Morgan fingerprint density at radius 2 is 2.03 bits per heavy atom. The van der Waals surface area contributed by atoms with Crippen molar-refractivity contribution in [2.75, 3.05) is 6.61 Å². The van der Waals surface area contributed by atoms with E-state index in [9.17, 15) is 9.59 Å². The van der Waals surface area contributed by atoms with E-state index in [1.807, 2.05) is 49.6 Å². The summed E-state index contributed by atoms with van der Waals surface area (Å²) in [5.41, 5.74) is 1.93. The van der Waals surface area contributed by atoms with Crippen molar-refractivity contribution in [3.8, 4) is 0 Å². The fourth-order valence-corrected chi connectivity index (χ4v) is 4.67. The molecule has 1 unspecified atom stereocenters. The maximum absolute atomic E-state index is 13.1. The zero-order valence-electron chi connectivity index (χ0n) is 19.3. The summed E-state index contributed by atoms with van der Waals surface area (Å²) in [6, 6.07) is 14.4. The first-order chi connectivity index (χ1) is 17.0. The van der Waals surface area contributed by atoms with Crippen LogP contribution in [0.2, 0.25) is 0 Å². The zero-order valence-corrected chi connectivity index (χ0v) is 20.1. The van der Waals surface area contributed by atoms with Crippen molar-refractivity contribution < 1.29 is 27.9 Å². The average Bonchev–Trinajstić information content (AvgIpc) is 3.66. The Morgan fingerprint density at radius 1 is 1.17 bits per heavy atom. The molecule has 8 nitrogen and oxygen atoms in total. The topological polar surface area (TPSA) is 94.5 Å². The molecular formula is C26H24N2O6S. The smallest absolute Gasteiger partial charge is 0.375 e. The van der Waals surface area contributed by atoms with Gasteiger partial charge in [0, 0.05) is 17.4 Å². The molecule has 0 saturated carbocycles. The van der Waals surface area contributed by atoms with Gasteiger partial charge in [0.15, 0.2) is 6.61 Å². The second-order valence-electron chi connectivity index (χ2n) is 8.34. The lowest BCUT2D eigenvalue weighted by molar-refractivity contribution is -0.136. The molecule has 0 aliphatic carbocycles. The molecule has 0 fully saturated rings. The predicted octanol–water partition coefficient (Wildman–Crippen LogP) is 5.55. The largest absolute Gasteiger partial charge is 0.467 e.